The number of hydrogen-bond donors (Lipinski definition) is 1. The van der Waals surface area contributed by atoms with E-state index in [4.69, 9.17) is 15.2 Å². The Morgan fingerprint density at radius 1 is 0.828 bits per heavy atom. The summed E-state index contributed by atoms with van der Waals surface area (Å²) in [6.07, 6.45) is -0.739. The first-order valence-corrected chi connectivity index (χ1v) is 9.49. The van der Waals surface area contributed by atoms with E-state index in [-0.39, 0.29) is 18.9 Å². The molecule has 0 unspecified atom stereocenters. The van der Waals surface area contributed by atoms with Crippen LogP contribution in [0.5, 0.6) is 0 Å². The standard InChI is InChI=1S/C24H21NO4/c25-22(14-16-8-2-1-3-9-16)23(26)29-24(27)28-15-21-19-12-6-4-10-17(19)18-11-5-7-13-20(18)21/h1-13,21-22H,14-15,25H2/t22-/m0/s1. The van der Waals surface area contributed by atoms with Crippen molar-refractivity contribution in [2.24, 2.45) is 5.73 Å². The van der Waals surface area contributed by atoms with E-state index < -0.39 is 18.2 Å². The van der Waals surface area contributed by atoms with Crippen LogP contribution in [0, 0.1) is 0 Å². The Kier molecular flexibility index (Phi) is 5.40. The van der Waals surface area contributed by atoms with Gasteiger partial charge in [0.05, 0.1) is 0 Å². The minimum absolute atomic E-state index is 0.0913. The fraction of sp³-hybridized carbons (Fsp3) is 0.167. The molecular formula is C24H21NO4. The van der Waals surface area contributed by atoms with Gasteiger partial charge in [-0.2, -0.15) is 0 Å². The highest BCUT2D eigenvalue weighted by Gasteiger charge is 2.29. The molecule has 2 N–H and O–H groups in total. The van der Waals surface area contributed by atoms with Crippen LogP contribution in [0.25, 0.3) is 11.1 Å². The summed E-state index contributed by atoms with van der Waals surface area (Å²) in [7, 11) is 0. The Morgan fingerprint density at radius 2 is 1.38 bits per heavy atom. The van der Waals surface area contributed by atoms with Crippen molar-refractivity contribution in [2.75, 3.05) is 6.61 Å². The van der Waals surface area contributed by atoms with Crippen molar-refractivity contribution < 1.29 is 19.1 Å². The lowest BCUT2D eigenvalue weighted by molar-refractivity contribution is -0.141. The van der Waals surface area contributed by atoms with Crippen LogP contribution in [0.2, 0.25) is 0 Å². The van der Waals surface area contributed by atoms with Gasteiger partial charge in [0, 0.05) is 5.92 Å². The van der Waals surface area contributed by atoms with Crippen LogP contribution >= 0.6 is 0 Å². The number of carbonyl (C=O) groups is 2. The van der Waals surface area contributed by atoms with Crippen LogP contribution in [0.4, 0.5) is 4.79 Å². The third-order valence-electron chi connectivity index (χ3n) is 5.12. The largest absolute Gasteiger partial charge is 0.516 e. The summed E-state index contributed by atoms with van der Waals surface area (Å²) in [6.45, 7) is 0.0913. The van der Waals surface area contributed by atoms with E-state index >= 15 is 0 Å². The van der Waals surface area contributed by atoms with Crippen molar-refractivity contribution in [3.8, 4) is 11.1 Å². The molecule has 1 atom stereocenters. The van der Waals surface area contributed by atoms with Gasteiger partial charge in [0.2, 0.25) is 0 Å². The molecule has 3 aromatic rings. The lowest BCUT2D eigenvalue weighted by atomic mass is 9.98. The molecule has 3 aromatic carbocycles. The van der Waals surface area contributed by atoms with Gasteiger partial charge in [0.15, 0.2) is 0 Å². The Labute approximate surface area is 169 Å². The van der Waals surface area contributed by atoms with E-state index in [9.17, 15) is 9.59 Å². The van der Waals surface area contributed by atoms with Crippen molar-refractivity contribution in [2.45, 2.75) is 18.4 Å². The first-order chi connectivity index (χ1) is 14.1. The van der Waals surface area contributed by atoms with Crippen LogP contribution < -0.4 is 5.73 Å². The van der Waals surface area contributed by atoms with Crippen molar-refractivity contribution in [1.82, 2.24) is 0 Å². The van der Waals surface area contributed by atoms with Gasteiger partial charge >= 0.3 is 12.1 Å². The Bertz CT molecular complexity index is 986. The molecule has 0 fully saturated rings. The summed E-state index contributed by atoms with van der Waals surface area (Å²) < 4.78 is 10.1. The molecule has 5 nitrogen and oxygen atoms in total. The van der Waals surface area contributed by atoms with Gasteiger partial charge in [-0.25, -0.2) is 9.59 Å². The van der Waals surface area contributed by atoms with Crippen molar-refractivity contribution in [1.29, 1.82) is 0 Å². The molecule has 0 heterocycles. The fourth-order valence-corrected chi connectivity index (χ4v) is 3.73. The number of fused-ring (bicyclic) bond motifs is 3. The summed E-state index contributed by atoms with van der Waals surface area (Å²) in [6, 6.07) is 24.4. The van der Waals surface area contributed by atoms with Gasteiger partial charge in [-0.1, -0.05) is 78.9 Å². The van der Waals surface area contributed by atoms with Crippen LogP contribution in [0.15, 0.2) is 78.9 Å². The molecule has 1 aliphatic rings. The molecule has 1 aliphatic carbocycles. The second kappa shape index (κ2) is 8.29. The first kappa shape index (κ1) is 18.9. The summed E-state index contributed by atoms with van der Waals surface area (Å²) in [5.41, 5.74) is 11.2. The molecular weight excluding hydrogens is 366 g/mol. The molecule has 0 radical (unpaired) electrons. The lowest BCUT2D eigenvalue weighted by Crippen LogP contribution is -2.36. The van der Waals surface area contributed by atoms with Gasteiger partial charge in [-0.15, -0.1) is 0 Å². The average molecular weight is 387 g/mol. The van der Waals surface area contributed by atoms with Crippen LogP contribution in [0.3, 0.4) is 0 Å². The zero-order chi connectivity index (χ0) is 20.2. The van der Waals surface area contributed by atoms with E-state index in [1.54, 1.807) is 0 Å². The molecule has 29 heavy (non-hydrogen) atoms. The number of carbonyl (C=O) groups excluding carboxylic acids is 2. The molecule has 0 bridgehead atoms. The van der Waals surface area contributed by atoms with E-state index in [1.807, 2.05) is 66.7 Å². The molecule has 0 saturated heterocycles. The van der Waals surface area contributed by atoms with Gasteiger partial charge in [-0.3, -0.25) is 0 Å². The van der Waals surface area contributed by atoms with E-state index in [1.165, 1.54) is 0 Å². The first-order valence-electron chi connectivity index (χ1n) is 9.49. The van der Waals surface area contributed by atoms with Crippen LogP contribution in [-0.2, 0) is 20.7 Å². The fourth-order valence-electron chi connectivity index (χ4n) is 3.73. The third kappa shape index (κ3) is 4.05. The second-order valence-electron chi connectivity index (χ2n) is 7.01. The van der Waals surface area contributed by atoms with Gasteiger partial charge in [0.1, 0.15) is 12.6 Å². The van der Waals surface area contributed by atoms with Crippen LogP contribution in [-0.4, -0.2) is 24.8 Å². The molecule has 0 aromatic heterocycles. The Balaban J connectivity index is 1.37. The topological polar surface area (TPSA) is 78.6 Å². The average Bonchev–Trinajstić information content (AvgIpc) is 3.07. The predicted octanol–water partition coefficient (Wildman–Crippen LogP) is 4.05. The maximum atomic E-state index is 12.1. The smallest absolute Gasteiger partial charge is 0.433 e. The van der Waals surface area contributed by atoms with E-state index in [2.05, 4.69) is 12.1 Å². The monoisotopic (exact) mass is 387 g/mol. The van der Waals surface area contributed by atoms with E-state index in [0.29, 0.717) is 0 Å². The molecule has 4 rings (SSSR count). The number of esters is 1. The van der Waals surface area contributed by atoms with Crippen molar-refractivity contribution in [3.05, 3.63) is 95.6 Å². The highest BCUT2D eigenvalue weighted by Crippen LogP contribution is 2.44. The molecule has 0 aliphatic heterocycles. The third-order valence-corrected chi connectivity index (χ3v) is 5.12. The Hall–Kier alpha value is -3.44. The SMILES string of the molecule is N[C@@H](Cc1ccccc1)C(=O)OC(=O)OCC1c2ccccc2-c2ccccc21. The van der Waals surface area contributed by atoms with Gasteiger partial charge < -0.3 is 15.2 Å². The van der Waals surface area contributed by atoms with Gasteiger partial charge in [0.25, 0.3) is 0 Å². The minimum Gasteiger partial charge on any atom is -0.433 e. The number of nitrogens with two attached hydrogens (primary N) is 1. The Morgan fingerprint density at radius 3 is 2.00 bits per heavy atom. The number of ether oxygens (including phenoxy) is 2. The van der Waals surface area contributed by atoms with Crippen molar-refractivity contribution >= 4 is 12.1 Å². The van der Waals surface area contributed by atoms with Crippen molar-refractivity contribution in [3.63, 3.8) is 0 Å². The minimum atomic E-state index is -1.03. The summed E-state index contributed by atoms with van der Waals surface area (Å²) >= 11 is 0. The molecule has 146 valence electrons. The normalized spacial score (nSPS) is 13.3. The highest BCUT2D eigenvalue weighted by molar-refractivity contribution is 5.85. The van der Waals surface area contributed by atoms with E-state index in [0.717, 1.165) is 27.8 Å². The molecule has 0 saturated carbocycles. The predicted molar refractivity (Wildman–Crippen MR) is 109 cm³/mol. The summed E-state index contributed by atoms with van der Waals surface area (Å²) in [5.74, 6) is -0.894. The summed E-state index contributed by atoms with van der Waals surface area (Å²) in [5, 5.41) is 0. The number of rotatable bonds is 5. The quantitative estimate of drug-likeness (QED) is 0.528. The molecule has 0 amide bonds. The lowest BCUT2D eigenvalue weighted by Gasteiger charge is -2.14. The maximum Gasteiger partial charge on any atom is 0.516 e. The maximum absolute atomic E-state index is 12.1. The zero-order valence-corrected chi connectivity index (χ0v) is 15.8. The number of benzene rings is 3. The van der Waals surface area contributed by atoms with Crippen LogP contribution in [0.1, 0.15) is 22.6 Å². The van der Waals surface area contributed by atoms with Gasteiger partial charge in [-0.05, 0) is 34.2 Å². The zero-order valence-electron chi connectivity index (χ0n) is 15.8. The molecule has 5 heteroatoms. The number of hydrogen-bond acceptors (Lipinski definition) is 5. The highest BCUT2D eigenvalue weighted by atomic mass is 16.7. The summed E-state index contributed by atoms with van der Waals surface area (Å²) in [4.78, 5) is 24.2. The second-order valence-corrected chi connectivity index (χ2v) is 7.01. The molecule has 0 spiro atoms.